The molecule has 118 valence electrons. The number of nitrogens with one attached hydrogen (secondary N) is 1. The van der Waals surface area contributed by atoms with Gasteiger partial charge in [0, 0.05) is 46.3 Å². The van der Waals surface area contributed by atoms with Crippen LogP contribution in [-0.2, 0) is 18.3 Å². The number of rotatable bonds is 6. The molecule has 0 fully saturated rings. The van der Waals surface area contributed by atoms with E-state index >= 15 is 0 Å². The highest BCUT2D eigenvalue weighted by Crippen LogP contribution is 2.12. The maximum Gasteiger partial charge on any atom is 0.318 e. The standard InChI is InChI=1S/C15H21N5O2/c1-19(10-12-5-4-7-16-9-12)15(21)18-13(11-22-3)14-6-8-17-20(14)2/h4-9,13H,10-11H2,1-3H3,(H,18,21). The minimum absolute atomic E-state index is 0.174. The molecule has 0 aliphatic carbocycles. The highest BCUT2D eigenvalue weighted by atomic mass is 16.5. The third-order valence-corrected chi connectivity index (χ3v) is 3.34. The Morgan fingerprint density at radius 3 is 2.86 bits per heavy atom. The lowest BCUT2D eigenvalue weighted by Crippen LogP contribution is -2.41. The van der Waals surface area contributed by atoms with E-state index in [2.05, 4.69) is 15.4 Å². The summed E-state index contributed by atoms with van der Waals surface area (Å²) in [6.07, 6.45) is 5.15. The van der Waals surface area contributed by atoms with Crippen LogP contribution in [0.2, 0.25) is 0 Å². The summed E-state index contributed by atoms with van der Waals surface area (Å²) in [4.78, 5) is 18.0. The molecule has 7 heteroatoms. The Morgan fingerprint density at radius 2 is 2.27 bits per heavy atom. The van der Waals surface area contributed by atoms with Crippen LogP contribution in [0.1, 0.15) is 17.3 Å². The van der Waals surface area contributed by atoms with Crippen LogP contribution < -0.4 is 5.32 Å². The van der Waals surface area contributed by atoms with Gasteiger partial charge in [-0.15, -0.1) is 0 Å². The van der Waals surface area contributed by atoms with Gasteiger partial charge in [0.25, 0.3) is 0 Å². The van der Waals surface area contributed by atoms with Crippen molar-refractivity contribution in [3.8, 4) is 0 Å². The van der Waals surface area contributed by atoms with E-state index in [0.29, 0.717) is 13.2 Å². The van der Waals surface area contributed by atoms with Crippen LogP contribution >= 0.6 is 0 Å². The molecular formula is C15H21N5O2. The molecule has 7 nitrogen and oxygen atoms in total. The summed E-state index contributed by atoms with van der Waals surface area (Å²) in [6.45, 7) is 0.872. The van der Waals surface area contributed by atoms with Gasteiger partial charge in [-0.05, 0) is 17.7 Å². The first kappa shape index (κ1) is 16.0. The summed E-state index contributed by atoms with van der Waals surface area (Å²) in [5, 5.41) is 7.09. The maximum absolute atomic E-state index is 12.3. The summed E-state index contributed by atoms with van der Waals surface area (Å²) in [7, 11) is 5.19. The Labute approximate surface area is 129 Å². The number of carbonyl (C=O) groups is 1. The molecule has 1 atom stereocenters. The van der Waals surface area contributed by atoms with Gasteiger partial charge in [0.15, 0.2) is 0 Å². The van der Waals surface area contributed by atoms with Gasteiger partial charge in [-0.1, -0.05) is 6.07 Å². The van der Waals surface area contributed by atoms with Crippen LogP contribution in [0.4, 0.5) is 4.79 Å². The molecule has 0 radical (unpaired) electrons. The fourth-order valence-electron chi connectivity index (χ4n) is 2.19. The molecule has 0 aliphatic heterocycles. The fraction of sp³-hybridized carbons (Fsp3) is 0.400. The third kappa shape index (κ3) is 4.05. The first-order chi connectivity index (χ1) is 10.6. The fourth-order valence-corrected chi connectivity index (χ4v) is 2.19. The van der Waals surface area contributed by atoms with E-state index in [1.807, 2.05) is 25.2 Å². The smallest absolute Gasteiger partial charge is 0.318 e. The van der Waals surface area contributed by atoms with Gasteiger partial charge < -0.3 is 15.0 Å². The number of hydrogen-bond donors (Lipinski definition) is 1. The van der Waals surface area contributed by atoms with Crippen molar-refractivity contribution in [2.75, 3.05) is 20.8 Å². The minimum atomic E-state index is -0.249. The highest BCUT2D eigenvalue weighted by molar-refractivity contribution is 5.74. The van der Waals surface area contributed by atoms with Gasteiger partial charge in [0.1, 0.15) is 0 Å². The number of hydrogen-bond acceptors (Lipinski definition) is 4. The average Bonchev–Trinajstić information content (AvgIpc) is 2.93. The van der Waals surface area contributed by atoms with Crippen LogP contribution in [0, 0.1) is 0 Å². The Kier molecular flexibility index (Phi) is 5.48. The van der Waals surface area contributed by atoms with Crippen LogP contribution in [-0.4, -0.2) is 46.5 Å². The molecule has 0 spiro atoms. The predicted molar refractivity (Wildman–Crippen MR) is 82.1 cm³/mol. The zero-order valence-electron chi connectivity index (χ0n) is 13.1. The summed E-state index contributed by atoms with van der Waals surface area (Å²) >= 11 is 0. The molecule has 2 aromatic rings. The third-order valence-electron chi connectivity index (χ3n) is 3.34. The average molecular weight is 303 g/mol. The van der Waals surface area contributed by atoms with Gasteiger partial charge in [-0.2, -0.15) is 5.10 Å². The summed E-state index contributed by atoms with van der Waals surface area (Å²) in [6, 6.07) is 5.23. The lowest BCUT2D eigenvalue weighted by molar-refractivity contribution is 0.154. The van der Waals surface area contributed by atoms with Crippen LogP contribution in [0.5, 0.6) is 0 Å². The largest absolute Gasteiger partial charge is 0.382 e. The number of urea groups is 1. The second-order valence-electron chi connectivity index (χ2n) is 5.05. The molecule has 0 saturated heterocycles. The van der Waals surface area contributed by atoms with Crippen molar-refractivity contribution >= 4 is 6.03 Å². The second-order valence-corrected chi connectivity index (χ2v) is 5.05. The molecule has 1 N–H and O–H groups in total. The van der Waals surface area contributed by atoms with Crippen molar-refractivity contribution in [2.24, 2.45) is 7.05 Å². The summed E-state index contributed by atoms with van der Waals surface area (Å²) in [5.74, 6) is 0. The number of methoxy groups -OCH3 is 1. The molecule has 2 rings (SSSR count). The molecule has 1 unspecified atom stereocenters. The SMILES string of the molecule is COCC(NC(=O)N(C)Cc1cccnc1)c1ccnn1C. The van der Waals surface area contributed by atoms with Crippen LogP contribution in [0.3, 0.4) is 0 Å². The van der Waals surface area contributed by atoms with Gasteiger partial charge in [0.2, 0.25) is 0 Å². The lowest BCUT2D eigenvalue weighted by atomic mass is 10.2. The number of amides is 2. The molecule has 0 saturated carbocycles. The van der Waals surface area contributed by atoms with E-state index in [9.17, 15) is 4.79 Å². The van der Waals surface area contributed by atoms with Crippen molar-refractivity contribution in [1.29, 1.82) is 0 Å². The van der Waals surface area contributed by atoms with Gasteiger partial charge in [-0.3, -0.25) is 9.67 Å². The first-order valence-electron chi connectivity index (χ1n) is 6.99. The first-order valence-corrected chi connectivity index (χ1v) is 6.99. The van der Waals surface area contributed by atoms with E-state index in [4.69, 9.17) is 4.74 Å². The monoisotopic (exact) mass is 303 g/mol. The molecule has 2 heterocycles. The van der Waals surface area contributed by atoms with Gasteiger partial charge >= 0.3 is 6.03 Å². The summed E-state index contributed by atoms with van der Waals surface area (Å²) in [5.41, 5.74) is 1.87. The Morgan fingerprint density at radius 1 is 1.45 bits per heavy atom. The Balaban J connectivity index is 2.00. The van der Waals surface area contributed by atoms with E-state index in [-0.39, 0.29) is 12.1 Å². The Hall–Kier alpha value is -2.41. The minimum Gasteiger partial charge on any atom is -0.382 e. The maximum atomic E-state index is 12.3. The Bertz CT molecular complexity index is 599. The van der Waals surface area contributed by atoms with Crippen molar-refractivity contribution in [1.82, 2.24) is 25.0 Å². The van der Waals surface area contributed by atoms with E-state index in [0.717, 1.165) is 11.3 Å². The summed E-state index contributed by atoms with van der Waals surface area (Å²) < 4.78 is 6.92. The van der Waals surface area contributed by atoms with Crippen molar-refractivity contribution in [3.05, 3.63) is 48.0 Å². The van der Waals surface area contributed by atoms with E-state index in [1.54, 1.807) is 42.3 Å². The second kappa shape index (κ2) is 7.56. The molecular weight excluding hydrogens is 282 g/mol. The molecule has 0 aliphatic rings. The van der Waals surface area contributed by atoms with Crippen molar-refractivity contribution < 1.29 is 9.53 Å². The van der Waals surface area contributed by atoms with Crippen LogP contribution in [0.25, 0.3) is 0 Å². The molecule has 0 aromatic carbocycles. The zero-order valence-corrected chi connectivity index (χ0v) is 13.1. The van der Waals surface area contributed by atoms with Crippen molar-refractivity contribution in [3.63, 3.8) is 0 Å². The van der Waals surface area contributed by atoms with Gasteiger partial charge in [-0.25, -0.2) is 4.79 Å². The number of nitrogens with zero attached hydrogens (tertiary/aromatic N) is 4. The zero-order chi connectivity index (χ0) is 15.9. The number of aromatic nitrogens is 3. The molecule has 2 aromatic heterocycles. The highest BCUT2D eigenvalue weighted by Gasteiger charge is 2.19. The predicted octanol–water partition coefficient (Wildman–Crippen LogP) is 1.34. The number of aryl methyl sites for hydroxylation is 1. The van der Waals surface area contributed by atoms with Crippen molar-refractivity contribution in [2.45, 2.75) is 12.6 Å². The van der Waals surface area contributed by atoms with Gasteiger partial charge in [0.05, 0.1) is 18.3 Å². The molecule has 22 heavy (non-hydrogen) atoms. The lowest BCUT2D eigenvalue weighted by Gasteiger charge is -2.23. The number of pyridine rings is 1. The quantitative estimate of drug-likeness (QED) is 0.874. The van der Waals surface area contributed by atoms with E-state index < -0.39 is 0 Å². The van der Waals surface area contributed by atoms with Crippen LogP contribution in [0.15, 0.2) is 36.8 Å². The van der Waals surface area contributed by atoms with E-state index in [1.165, 1.54) is 0 Å². The normalized spacial score (nSPS) is 12.0. The molecule has 2 amide bonds. The molecule has 0 bridgehead atoms. The number of ether oxygens (including phenoxy) is 1. The topological polar surface area (TPSA) is 72.3 Å². The number of carbonyl (C=O) groups excluding carboxylic acids is 1.